The average Bonchev–Trinajstić information content (AvgIpc) is 3.29. The predicted octanol–water partition coefficient (Wildman–Crippen LogP) is 17.4. The zero-order chi connectivity index (χ0) is 49.0. The Morgan fingerprint density at radius 2 is 0.866 bits per heavy atom. The Balaban J connectivity index is 4.14. The van der Waals surface area contributed by atoms with E-state index in [1.807, 2.05) is 21.1 Å². The number of carbonyl (C=O) groups excluding carboxylic acids is 1. The second-order valence-electron chi connectivity index (χ2n) is 19.6. The molecule has 0 saturated carbocycles. The fraction of sp³-hybridized carbons (Fsp3) is 0.776. The van der Waals surface area contributed by atoms with E-state index in [2.05, 4.69) is 86.8 Å². The molecule has 0 aromatic carbocycles. The number of hydrogen-bond donors (Lipinski definition) is 1. The summed E-state index contributed by atoms with van der Waals surface area (Å²) >= 11 is 0. The highest BCUT2D eigenvalue weighted by Crippen LogP contribution is 2.43. The Morgan fingerprint density at radius 1 is 0.478 bits per heavy atom. The number of ether oxygens (including phenoxy) is 2. The maximum absolute atomic E-state index is 12.8. The van der Waals surface area contributed by atoms with Crippen LogP contribution in [0.2, 0.25) is 0 Å². The van der Waals surface area contributed by atoms with E-state index in [1.165, 1.54) is 141 Å². The number of phosphoric acid groups is 1. The van der Waals surface area contributed by atoms with Gasteiger partial charge in [0.05, 0.1) is 34.4 Å². The fourth-order valence-electron chi connectivity index (χ4n) is 7.52. The molecule has 0 spiro atoms. The summed E-state index contributed by atoms with van der Waals surface area (Å²) < 4.78 is 35.2. The van der Waals surface area contributed by atoms with Crippen molar-refractivity contribution in [1.82, 2.24) is 0 Å². The summed E-state index contributed by atoms with van der Waals surface area (Å²) in [4.78, 5) is 23.1. The number of allylic oxidation sites excluding steroid dienone is 12. The van der Waals surface area contributed by atoms with E-state index >= 15 is 0 Å². The van der Waals surface area contributed by atoms with E-state index in [-0.39, 0.29) is 25.8 Å². The van der Waals surface area contributed by atoms with E-state index in [0.717, 1.165) is 70.6 Å². The lowest BCUT2D eigenvalue weighted by molar-refractivity contribution is -0.870. The molecular formula is C58H107NO7P+. The quantitative estimate of drug-likeness (QED) is 0.0213. The fourth-order valence-corrected chi connectivity index (χ4v) is 8.26. The molecule has 1 N–H and O–H groups in total. The molecule has 9 heteroatoms. The molecule has 0 aliphatic rings. The SMILES string of the molecule is CC/C=C\C/C=C\C/C=C\C/C=C\C/C=C\CCCCCCCCCC(=O)OC(COCCCCCCCCCCCC/C=C\CCCCCCCCCC)COP(=O)(O)OCC[N+](C)(C)C. The van der Waals surface area contributed by atoms with E-state index in [9.17, 15) is 14.3 Å². The maximum atomic E-state index is 12.8. The first-order chi connectivity index (χ1) is 32.6. The predicted molar refractivity (Wildman–Crippen MR) is 288 cm³/mol. The molecule has 0 rings (SSSR count). The van der Waals surface area contributed by atoms with Crippen LogP contribution in [0, 0.1) is 0 Å². The van der Waals surface area contributed by atoms with Crippen LogP contribution in [0.1, 0.15) is 232 Å². The lowest BCUT2D eigenvalue weighted by Gasteiger charge is -2.24. The zero-order valence-corrected chi connectivity index (χ0v) is 45.3. The van der Waals surface area contributed by atoms with Crippen LogP contribution in [-0.4, -0.2) is 75.6 Å². The molecule has 67 heavy (non-hydrogen) atoms. The summed E-state index contributed by atoms with van der Waals surface area (Å²) in [5, 5.41) is 0. The van der Waals surface area contributed by atoms with Gasteiger partial charge in [-0.25, -0.2) is 4.57 Å². The van der Waals surface area contributed by atoms with Crippen molar-refractivity contribution in [3.63, 3.8) is 0 Å². The van der Waals surface area contributed by atoms with Gasteiger partial charge in [0.25, 0.3) is 0 Å². The summed E-state index contributed by atoms with van der Waals surface area (Å²) in [6.45, 7) is 5.51. The number of esters is 1. The molecule has 0 aromatic rings. The van der Waals surface area contributed by atoms with E-state index in [4.69, 9.17) is 18.5 Å². The van der Waals surface area contributed by atoms with Gasteiger partial charge in [-0.15, -0.1) is 0 Å². The van der Waals surface area contributed by atoms with Crippen LogP contribution in [0.5, 0.6) is 0 Å². The Labute approximate surface area is 414 Å². The van der Waals surface area contributed by atoms with Crippen LogP contribution in [0.15, 0.2) is 72.9 Å². The number of hydrogen-bond acceptors (Lipinski definition) is 6. The molecule has 2 atom stereocenters. The molecule has 2 unspecified atom stereocenters. The number of phosphoric ester groups is 1. The van der Waals surface area contributed by atoms with Gasteiger partial charge >= 0.3 is 13.8 Å². The van der Waals surface area contributed by atoms with Crippen LogP contribution in [-0.2, 0) is 27.9 Å². The minimum Gasteiger partial charge on any atom is -0.457 e. The Morgan fingerprint density at radius 3 is 1.31 bits per heavy atom. The van der Waals surface area contributed by atoms with Crippen LogP contribution >= 0.6 is 7.82 Å². The van der Waals surface area contributed by atoms with Gasteiger partial charge in [-0.3, -0.25) is 13.8 Å². The Hall–Kier alpha value is -2.06. The van der Waals surface area contributed by atoms with Crippen molar-refractivity contribution in [1.29, 1.82) is 0 Å². The number of nitrogens with zero attached hydrogens (tertiary/aromatic N) is 1. The number of rotatable bonds is 51. The molecule has 0 radical (unpaired) electrons. The first-order valence-corrected chi connectivity index (χ1v) is 29.2. The summed E-state index contributed by atoms with van der Waals surface area (Å²) in [7, 11) is 1.65. The Kier molecular flexibility index (Phi) is 48.8. The highest BCUT2D eigenvalue weighted by atomic mass is 31.2. The molecule has 0 fully saturated rings. The molecule has 0 aliphatic heterocycles. The molecule has 0 heterocycles. The topological polar surface area (TPSA) is 91.3 Å². The van der Waals surface area contributed by atoms with Crippen molar-refractivity contribution in [2.75, 3.05) is 54.1 Å². The van der Waals surface area contributed by atoms with Crippen molar-refractivity contribution < 1.29 is 37.3 Å². The van der Waals surface area contributed by atoms with Crippen LogP contribution in [0.4, 0.5) is 0 Å². The van der Waals surface area contributed by atoms with Gasteiger partial charge in [0, 0.05) is 13.0 Å². The van der Waals surface area contributed by atoms with Gasteiger partial charge in [-0.05, 0) is 83.5 Å². The highest BCUT2D eigenvalue weighted by molar-refractivity contribution is 7.47. The second kappa shape index (κ2) is 50.3. The Bertz CT molecular complexity index is 1300. The van der Waals surface area contributed by atoms with Crippen molar-refractivity contribution in [3.8, 4) is 0 Å². The molecule has 8 nitrogen and oxygen atoms in total. The van der Waals surface area contributed by atoms with Crippen molar-refractivity contribution >= 4 is 13.8 Å². The number of carbonyl (C=O) groups is 1. The first kappa shape index (κ1) is 64.9. The number of unbranched alkanes of at least 4 members (excludes halogenated alkanes) is 25. The summed E-state index contributed by atoms with van der Waals surface area (Å²) in [5.74, 6) is -0.325. The molecule has 0 aliphatic carbocycles. The molecule has 0 aromatic heterocycles. The monoisotopic (exact) mass is 961 g/mol. The molecular weight excluding hydrogens is 854 g/mol. The lowest BCUT2D eigenvalue weighted by atomic mass is 10.1. The smallest absolute Gasteiger partial charge is 0.457 e. The minimum atomic E-state index is -4.29. The third-order valence-corrected chi connectivity index (χ3v) is 12.7. The van der Waals surface area contributed by atoms with E-state index in [1.54, 1.807) is 0 Å². The zero-order valence-electron chi connectivity index (χ0n) is 44.4. The second-order valence-corrected chi connectivity index (χ2v) is 21.0. The van der Waals surface area contributed by atoms with Gasteiger partial charge in [-0.1, -0.05) is 215 Å². The van der Waals surface area contributed by atoms with Crippen LogP contribution in [0.25, 0.3) is 0 Å². The van der Waals surface area contributed by atoms with Crippen molar-refractivity contribution in [3.05, 3.63) is 72.9 Å². The lowest BCUT2D eigenvalue weighted by Crippen LogP contribution is -2.37. The standard InChI is InChI=1S/C58H106NO7P/c1-6-8-10-12-14-16-18-20-22-24-26-28-30-31-33-35-37-39-41-43-45-47-49-51-58(60)66-57(56-65-67(61,62)64-54-52-59(3,4)5)55-63-53-50-48-46-44-42-40-38-36-34-32-29-27-25-23-21-19-17-15-13-11-9-7-2/h8,10,14,16,20,22,25-28,31,33,57H,6-7,9,11-13,15,17-19,21,23-24,29-30,32,34-56H2,1-5H3/p+1/b10-8-,16-14-,22-20-,27-25-,28-26-,33-31-. The molecule has 0 bridgehead atoms. The summed E-state index contributed by atoms with van der Waals surface area (Å²) in [5.41, 5.74) is 0. The highest BCUT2D eigenvalue weighted by Gasteiger charge is 2.26. The average molecular weight is 961 g/mol. The summed E-state index contributed by atoms with van der Waals surface area (Å²) in [6, 6.07) is 0. The molecule has 0 saturated heterocycles. The first-order valence-electron chi connectivity index (χ1n) is 27.7. The number of quaternary nitrogens is 1. The normalized spacial score (nSPS) is 14.1. The minimum absolute atomic E-state index is 0.0832. The van der Waals surface area contributed by atoms with E-state index < -0.39 is 13.9 Å². The van der Waals surface area contributed by atoms with Crippen LogP contribution in [0.3, 0.4) is 0 Å². The van der Waals surface area contributed by atoms with Gasteiger partial charge < -0.3 is 18.9 Å². The molecule has 390 valence electrons. The van der Waals surface area contributed by atoms with E-state index in [0.29, 0.717) is 24.1 Å². The van der Waals surface area contributed by atoms with Gasteiger partial charge in [0.1, 0.15) is 19.3 Å². The van der Waals surface area contributed by atoms with Gasteiger partial charge in [0.2, 0.25) is 0 Å². The van der Waals surface area contributed by atoms with Crippen LogP contribution < -0.4 is 0 Å². The maximum Gasteiger partial charge on any atom is 0.472 e. The van der Waals surface area contributed by atoms with Crippen molar-refractivity contribution in [2.45, 2.75) is 238 Å². The third-order valence-electron chi connectivity index (χ3n) is 11.8. The largest absolute Gasteiger partial charge is 0.472 e. The third kappa shape index (κ3) is 54.7. The van der Waals surface area contributed by atoms with Crippen molar-refractivity contribution in [2.24, 2.45) is 0 Å². The molecule has 0 amide bonds. The van der Waals surface area contributed by atoms with Gasteiger partial charge in [-0.2, -0.15) is 0 Å². The number of likely N-dealkylation sites (N-methyl/N-ethyl adjacent to an activating group) is 1. The van der Waals surface area contributed by atoms with Gasteiger partial charge in [0.15, 0.2) is 0 Å². The summed E-state index contributed by atoms with van der Waals surface area (Å²) in [6.07, 6.45) is 66.7.